The Balaban J connectivity index is 1.82. The molecule has 6 heteroatoms. The molecule has 6 nitrogen and oxygen atoms in total. The van der Waals surface area contributed by atoms with Crippen LogP contribution in [0.15, 0.2) is 24.5 Å². The number of pyridine rings is 1. The van der Waals surface area contributed by atoms with Crippen molar-refractivity contribution in [1.82, 2.24) is 15.2 Å². The number of amides is 1. The van der Waals surface area contributed by atoms with Crippen molar-refractivity contribution in [3.63, 3.8) is 0 Å². The van der Waals surface area contributed by atoms with Crippen molar-refractivity contribution >= 4 is 11.8 Å². The average Bonchev–Trinajstić information content (AvgIpc) is 2.45. The van der Waals surface area contributed by atoms with Gasteiger partial charge >= 0.3 is 6.09 Å². The van der Waals surface area contributed by atoms with Crippen molar-refractivity contribution in [3.8, 4) is 0 Å². The topological polar surface area (TPSA) is 66.5 Å². The van der Waals surface area contributed by atoms with Crippen molar-refractivity contribution in [1.29, 1.82) is 0 Å². The SMILES string of the molecule is CC(C)(C)OC(=O)N1CCNC(CNc2cccnc2)C1. The van der Waals surface area contributed by atoms with Gasteiger partial charge in [0.25, 0.3) is 0 Å². The Morgan fingerprint density at radius 2 is 2.38 bits per heavy atom. The molecule has 0 bridgehead atoms. The predicted molar refractivity (Wildman–Crippen MR) is 82.3 cm³/mol. The molecule has 0 saturated carbocycles. The summed E-state index contributed by atoms with van der Waals surface area (Å²) < 4.78 is 5.42. The highest BCUT2D eigenvalue weighted by atomic mass is 16.6. The molecule has 1 amide bonds. The van der Waals surface area contributed by atoms with Gasteiger partial charge in [0.2, 0.25) is 0 Å². The molecule has 2 heterocycles. The molecule has 0 aliphatic carbocycles. The van der Waals surface area contributed by atoms with Crippen molar-refractivity contribution in [3.05, 3.63) is 24.5 Å². The highest BCUT2D eigenvalue weighted by Crippen LogP contribution is 2.12. The second-order valence-electron chi connectivity index (χ2n) is 6.20. The number of hydrogen-bond donors (Lipinski definition) is 2. The predicted octanol–water partition coefficient (Wildman–Crippen LogP) is 1.70. The molecule has 116 valence electrons. The Morgan fingerprint density at radius 3 is 3.05 bits per heavy atom. The average molecular weight is 292 g/mol. The zero-order chi connectivity index (χ0) is 15.3. The molecular weight excluding hydrogens is 268 g/mol. The standard InChI is InChI=1S/C15H24N4O2/c1-15(2,3)21-14(20)19-8-7-17-13(11-19)10-18-12-5-4-6-16-9-12/h4-6,9,13,17-18H,7-8,10-11H2,1-3H3. The van der Waals surface area contributed by atoms with E-state index in [0.29, 0.717) is 13.1 Å². The molecule has 0 radical (unpaired) electrons. The number of carbonyl (C=O) groups is 1. The molecule has 2 rings (SSSR count). The minimum absolute atomic E-state index is 0.200. The first-order valence-electron chi connectivity index (χ1n) is 7.29. The van der Waals surface area contributed by atoms with E-state index in [4.69, 9.17) is 4.74 Å². The number of nitrogens with one attached hydrogen (secondary N) is 2. The monoisotopic (exact) mass is 292 g/mol. The van der Waals surface area contributed by atoms with Crippen molar-refractivity contribution in [2.24, 2.45) is 0 Å². The number of anilines is 1. The molecule has 1 fully saturated rings. The van der Waals surface area contributed by atoms with Gasteiger partial charge in [0, 0.05) is 44.6 Å². The molecule has 21 heavy (non-hydrogen) atoms. The van der Waals surface area contributed by atoms with Gasteiger partial charge in [-0.1, -0.05) is 0 Å². The molecular formula is C15H24N4O2. The van der Waals surface area contributed by atoms with Crippen molar-refractivity contribution < 1.29 is 9.53 Å². The fourth-order valence-corrected chi connectivity index (χ4v) is 2.16. The summed E-state index contributed by atoms with van der Waals surface area (Å²) in [5, 5.41) is 6.72. The van der Waals surface area contributed by atoms with Gasteiger partial charge in [-0.25, -0.2) is 4.79 Å². The smallest absolute Gasteiger partial charge is 0.410 e. The zero-order valence-electron chi connectivity index (χ0n) is 12.9. The number of nitrogens with zero attached hydrogens (tertiary/aromatic N) is 2. The van der Waals surface area contributed by atoms with E-state index in [9.17, 15) is 4.79 Å². The maximum atomic E-state index is 12.1. The van der Waals surface area contributed by atoms with Gasteiger partial charge in [-0.3, -0.25) is 4.98 Å². The van der Waals surface area contributed by atoms with Gasteiger partial charge in [-0.2, -0.15) is 0 Å². The van der Waals surface area contributed by atoms with Crippen LogP contribution in [0.3, 0.4) is 0 Å². The normalized spacial score (nSPS) is 19.2. The fraction of sp³-hybridized carbons (Fsp3) is 0.600. The van der Waals surface area contributed by atoms with E-state index in [1.54, 1.807) is 17.3 Å². The summed E-state index contributed by atoms with van der Waals surface area (Å²) in [6.45, 7) is 8.49. The first-order chi connectivity index (χ1) is 9.94. The minimum atomic E-state index is -0.453. The lowest BCUT2D eigenvalue weighted by Crippen LogP contribution is -2.55. The number of ether oxygens (including phenoxy) is 1. The maximum absolute atomic E-state index is 12.1. The highest BCUT2D eigenvalue weighted by molar-refractivity contribution is 5.68. The second kappa shape index (κ2) is 6.76. The Labute approximate surface area is 125 Å². The summed E-state index contributed by atoms with van der Waals surface area (Å²) in [4.78, 5) is 17.9. The number of piperazine rings is 1. The van der Waals surface area contributed by atoms with Crippen LogP contribution in [0, 0.1) is 0 Å². The first kappa shape index (κ1) is 15.6. The summed E-state index contributed by atoms with van der Waals surface area (Å²) in [7, 11) is 0. The van der Waals surface area contributed by atoms with Gasteiger partial charge in [0.1, 0.15) is 5.60 Å². The van der Waals surface area contributed by atoms with Crippen LogP contribution in [0.1, 0.15) is 20.8 Å². The summed E-state index contributed by atoms with van der Waals surface area (Å²) in [6, 6.07) is 4.07. The van der Waals surface area contributed by atoms with Crippen LogP contribution in [-0.2, 0) is 4.74 Å². The molecule has 1 saturated heterocycles. The Morgan fingerprint density at radius 1 is 1.57 bits per heavy atom. The Bertz CT molecular complexity index is 458. The molecule has 1 atom stereocenters. The number of carbonyl (C=O) groups excluding carboxylic acids is 1. The Hall–Kier alpha value is -1.82. The van der Waals surface area contributed by atoms with E-state index in [1.165, 1.54) is 0 Å². The molecule has 1 aliphatic heterocycles. The molecule has 2 N–H and O–H groups in total. The molecule has 0 aromatic carbocycles. The summed E-state index contributed by atoms with van der Waals surface area (Å²) >= 11 is 0. The molecule has 0 spiro atoms. The van der Waals surface area contributed by atoms with E-state index < -0.39 is 5.60 Å². The van der Waals surface area contributed by atoms with Crippen molar-refractivity contribution in [2.75, 3.05) is 31.5 Å². The van der Waals surface area contributed by atoms with Gasteiger partial charge in [0.05, 0.1) is 5.69 Å². The van der Waals surface area contributed by atoms with E-state index in [-0.39, 0.29) is 12.1 Å². The molecule has 1 aromatic heterocycles. The van der Waals surface area contributed by atoms with Crippen LogP contribution in [0.2, 0.25) is 0 Å². The van der Waals surface area contributed by atoms with Gasteiger partial charge in [0.15, 0.2) is 0 Å². The number of aromatic nitrogens is 1. The molecule has 1 unspecified atom stereocenters. The van der Waals surface area contributed by atoms with Gasteiger partial charge in [-0.05, 0) is 32.9 Å². The van der Waals surface area contributed by atoms with Crippen LogP contribution in [0.5, 0.6) is 0 Å². The lowest BCUT2D eigenvalue weighted by molar-refractivity contribution is 0.0200. The summed E-state index contributed by atoms with van der Waals surface area (Å²) in [6.07, 6.45) is 3.29. The van der Waals surface area contributed by atoms with E-state index >= 15 is 0 Å². The highest BCUT2D eigenvalue weighted by Gasteiger charge is 2.27. The summed E-state index contributed by atoms with van der Waals surface area (Å²) in [5.41, 5.74) is 0.527. The maximum Gasteiger partial charge on any atom is 0.410 e. The second-order valence-corrected chi connectivity index (χ2v) is 6.20. The van der Waals surface area contributed by atoms with Crippen LogP contribution < -0.4 is 10.6 Å². The third kappa shape index (κ3) is 5.23. The third-order valence-electron chi connectivity index (χ3n) is 3.12. The zero-order valence-corrected chi connectivity index (χ0v) is 12.9. The third-order valence-corrected chi connectivity index (χ3v) is 3.12. The van der Waals surface area contributed by atoms with Crippen LogP contribution >= 0.6 is 0 Å². The van der Waals surface area contributed by atoms with Gasteiger partial charge < -0.3 is 20.3 Å². The summed E-state index contributed by atoms with van der Waals surface area (Å²) in [5.74, 6) is 0. The molecule has 1 aliphatic rings. The van der Waals surface area contributed by atoms with Crippen LogP contribution in [0.25, 0.3) is 0 Å². The fourth-order valence-electron chi connectivity index (χ4n) is 2.16. The first-order valence-corrected chi connectivity index (χ1v) is 7.29. The number of hydrogen-bond acceptors (Lipinski definition) is 5. The van der Waals surface area contributed by atoms with E-state index in [2.05, 4.69) is 15.6 Å². The van der Waals surface area contributed by atoms with Gasteiger partial charge in [-0.15, -0.1) is 0 Å². The van der Waals surface area contributed by atoms with Crippen LogP contribution in [0.4, 0.5) is 10.5 Å². The largest absolute Gasteiger partial charge is 0.444 e. The van der Waals surface area contributed by atoms with E-state index in [0.717, 1.165) is 18.8 Å². The van der Waals surface area contributed by atoms with Crippen molar-refractivity contribution in [2.45, 2.75) is 32.4 Å². The minimum Gasteiger partial charge on any atom is -0.444 e. The quantitative estimate of drug-likeness (QED) is 0.887. The lowest BCUT2D eigenvalue weighted by atomic mass is 10.2. The van der Waals surface area contributed by atoms with Crippen LogP contribution in [-0.4, -0.2) is 53.8 Å². The van der Waals surface area contributed by atoms with E-state index in [1.807, 2.05) is 32.9 Å². The lowest BCUT2D eigenvalue weighted by Gasteiger charge is -2.35. The Kier molecular flexibility index (Phi) is 5.01. The number of rotatable bonds is 3. The molecule has 1 aromatic rings.